The molecule has 1 aromatic heterocycles. The molecular formula is C18H27BrN2O3. The summed E-state index contributed by atoms with van der Waals surface area (Å²) in [4.78, 5) is 18.5. The van der Waals surface area contributed by atoms with Crippen LogP contribution in [0.25, 0.3) is 0 Å². The molecule has 1 amide bonds. The van der Waals surface area contributed by atoms with Gasteiger partial charge in [0, 0.05) is 29.3 Å². The fourth-order valence-electron chi connectivity index (χ4n) is 2.80. The Kier molecular flexibility index (Phi) is 6.90. The first-order valence-electron chi connectivity index (χ1n) is 8.59. The summed E-state index contributed by atoms with van der Waals surface area (Å²) in [7, 11) is 0. The van der Waals surface area contributed by atoms with Crippen molar-refractivity contribution in [1.29, 1.82) is 0 Å². The third-order valence-electron chi connectivity index (χ3n) is 3.89. The van der Waals surface area contributed by atoms with Crippen molar-refractivity contribution >= 4 is 22.0 Å². The van der Waals surface area contributed by atoms with Crippen LogP contribution < -0.4 is 4.74 Å². The molecule has 6 heteroatoms. The molecule has 0 unspecified atom stereocenters. The molecule has 0 spiro atoms. The number of aromatic nitrogens is 1. The van der Waals surface area contributed by atoms with Crippen LogP contribution in [0.15, 0.2) is 22.8 Å². The molecular weight excluding hydrogens is 372 g/mol. The summed E-state index contributed by atoms with van der Waals surface area (Å²) in [5, 5.41) is 0. The second kappa shape index (κ2) is 8.70. The fourth-order valence-corrected chi connectivity index (χ4v) is 3.04. The van der Waals surface area contributed by atoms with Gasteiger partial charge >= 0.3 is 6.09 Å². The van der Waals surface area contributed by atoms with E-state index in [2.05, 4.69) is 20.9 Å². The first kappa shape index (κ1) is 19.0. The number of carbonyl (C=O) groups excluding carboxylic acids is 1. The molecule has 0 aromatic carbocycles. The molecule has 1 aliphatic heterocycles. The second-order valence-corrected chi connectivity index (χ2v) is 8.04. The minimum atomic E-state index is -0.449. The molecule has 1 saturated heterocycles. The normalized spacial score (nSPS) is 18.3. The van der Waals surface area contributed by atoms with Crippen LogP contribution in [0, 0.1) is 0 Å². The number of pyridine rings is 1. The summed E-state index contributed by atoms with van der Waals surface area (Å²) in [5.41, 5.74) is -0.449. The molecule has 2 rings (SSSR count). The molecule has 0 saturated carbocycles. The van der Waals surface area contributed by atoms with Gasteiger partial charge in [0.25, 0.3) is 0 Å². The van der Waals surface area contributed by atoms with Crippen molar-refractivity contribution in [2.75, 3.05) is 13.2 Å². The maximum Gasteiger partial charge on any atom is 0.410 e. The van der Waals surface area contributed by atoms with Gasteiger partial charge in [0.2, 0.25) is 5.88 Å². The number of hydrogen-bond acceptors (Lipinski definition) is 4. The highest BCUT2D eigenvalue weighted by molar-refractivity contribution is 9.10. The van der Waals surface area contributed by atoms with Gasteiger partial charge in [0.15, 0.2) is 0 Å². The largest absolute Gasteiger partial charge is 0.478 e. The highest BCUT2D eigenvalue weighted by Crippen LogP contribution is 2.23. The first-order chi connectivity index (χ1) is 11.3. The molecule has 2 heterocycles. The molecule has 0 aliphatic carbocycles. The minimum Gasteiger partial charge on any atom is -0.478 e. The van der Waals surface area contributed by atoms with E-state index < -0.39 is 5.60 Å². The van der Waals surface area contributed by atoms with Crippen molar-refractivity contribution < 1.29 is 14.3 Å². The Labute approximate surface area is 152 Å². The zero-order valence-corrected chi connectivity index (χ0v) is 16.3. The average Bonchev–Trinajstić information content (AvgIpc) is 2.52. The van der Waals surface area contributed by atoms with Gasteiger partial charge in [-0.2, -0.15) is 0 Å². The van der Waals surface area contributed by atoms with E-state index in [-0.39, 0.29) is 12.1 Å². The van der Waals surface area contributed by atoms with Gasteiger partial charge in [-0.05, 0) is 74.9 Å². The van der Waals surface area contributed by atoms with Crippen molar-refractivity contribution in [2.45, 2.75) is 64.5 Å². The minimum absolute atomic E-state index is 0.192. The van der Waals surface area contributed by atoms with E-state index >= 15 is 0 Å². The van der Waals surface area contributed by atoms with Crippen LogP contribution >= 0.6 is 15.9 Å². The molecule has 1 atom stereocenters. The Balaban J connectivity index is 1.78. The molecule has 24 heavy (non-hydrogen) atoms. The van der Waals surface area contributed by atoms with Gasteiger partial charge in [-0.1, -0.05) is 0 Å². The molecule has 0 radical (unpaired) electrons. The molecule has 1 aliphatic rings. The standard InChI is InChI=1S/C18H27BrN2O3/c1-18(2,3)24-17(22)21-11-5-4-7-15(21)8-6-12-23-16-10-9-14(19)13-20-16/h9-10,13,15H,4-8,11-12H2,1-3H3/t15-/m0/s1. The summed E-state index contributed by atoms with van der Waals surface area (Å²) >= 11 is 3.35. The Hall–Kier alpha value is -1.30. The van der Waals surface area contributed by atoms with Crippen LogP contribution in [0.1, 0.15) is 52.9 Å². The van der Waals surface area contributed by atoms with Gasteiger partial charge in [-0.3, -0.25) is 0 Å². The monoisotopic (exact) mass is 398 g/mol. The van der Waals surface area contributed by atoms with Crippen molar-refractivity contribution in [1.82, 2.24) is 9.88 Å². The number of likely N-dealkylation sites (tertiary alicyclic amines) is 1. The lowest BCUT2D eigenvalue weighted by Crippen LogP contribution is -2.46. The molecule has 5 nitrogen and oxygen atoms in total. The van der Waals surface area contributed by atoms with Gasteiger partial charge in [0.05, 0.1) is 6.61 Å². The molecule has 134 valence electrons. The Morgan fingerprint density at radius 2 is 2.17 bits per heavy atom. The van der Waals surface area contributed by atoms with Crippen LogP contribution in [-0.4, -0.2) is 40.8 Å². The molecule has 1 aromatic rings. The summed E-state index contributed by atoms with van der Waals surface area (Å²) < 4.78 is 12.1. The number of halogens is 1. The maximum absolute atomic E-state index is 12.4. The van der Waals surface area contributed by atoms with Crippen molar-refractivity contribution in [3.63, 3.8) is 0 Å². The lowest BCUT2D eigenvalue weighted by atomic mass is 9.98. The fraction of sp³-hybridized carbons (Fsp3) is 0.667. The highest BCUT2D eigenvalue weighted by Gasteiger charge is 2.30. The topological polar surface area (TPSA) is 51.7 Å². The number of hydrogen-bond donors (Lipinski definition) is 0. The van der Waals surface area contributed by atoms with Crippen molar-refractivity contribution in [2.24, 2.45) is 0 Å². The number of rotatable bonds is 5. The van der Waals surface area contributed by atoms with Crippen LogP contribution in [0.4, 0.5) is 4.79 Å². The van der Waals surface area contributed by atoms with Crippen LogP contribution in [0.5, 0.6) is 5.88 Å². The Bertz CT molecular complexity index is 528. The van der Waals surface area contributed by atoms with E-state index in [1.807, 2.05) is 37.8 Å². The van der Waals surface area contributed by atoms with E-state index in [4.69, 9.17) is 9.47 Å². The third kappa shape index (κ3) is 6.30. The molecule has 1 fully saturated rings. The summed E-state index contributed by atoms with van der Waals surface area (Å²) in [6.45, 7) is 7.11. The number of piperidine rings is 1. The van der Waals surface area contributed by atoms with Crippen LogP contribution in [0.3, 0.4) is 0 Å². The zero-order chi connectivity index (χ0) is 17.6. The van der Waals surface area contributed by atoms with E-state index in [0.29, 0.717) is 12.5 Å². The predicted octanol–water partition coefficient (Wildman–Crippen LogP) is 4.79. The molecule has 0 bridgehead atoms. The second-order valence-electron chi connectivity index (χ2n) is 7.13. The van der Waals surface area contributed by atoms with Gasteiger partial charge in [0.1, 0.15) is 5.60 Å². The van der Waals surface area contributed by atoms with Gasteiger partial charge < -0.3 is 14.4 Å². The lowest BCUT2D eigenvalue weighted by molar-refractivity contribution is 0.00822. The number of carbonyl (C=O) groups is 1. The van der Waals surface area contributed by atoms with E-state index in [0.717, 1.165) is 36.7 Å². The number of ether oxygens (including phenoxy) is 2. The van der Waals surface area contributed by atoms with E-state index in [1.54, 1.807) is 6.20 Å². The average molecular weight is 399 g/mol. The van der Waals surface area contributed by atoms with Crippen molar-refractivity contribution in [3.8, 4) is 5.88 Å². The number of nitrogens with zero attached hydrogens (tertiary/aromatic N) is 2. The Morgan fingerprint density at radius 3 is 2.83 bits per heavy atom. The quantitative estimate of drug-likeness (QED) is 0.668. The van der Waals surface area contributed by atoms with E-state index in [9.17, 15) is 4.79 Å². The highest BCUT2D eigenvalue weighted by atomic mass is 79.9. The maximum atomic E-state index is 12.4. The summed E-state index contributed by atoms with van der Waals surface area (Å²) in [5.74, 6) is 0.630. The zero-order valence-electron chi connectivity index (χ0n) is 14.8. The number of amides is 1. The van der Waals surface area contributed by atoms with E-state index in [1.165, 1.54) is 6.42 Å². The summed E-state index contributed by atoms with van der Waals surface area (Å²) in [6, 6.07) is 4.00. The van der Waals surface area contributed by atoms with Crippen LogP contribution in [-0.2, 0) is 4.74 Å². The van der Waals surface area contributed by atoms with Gasteiger partial charge in [-0.25, -0.2) is 9.78 Å². The summed E-state index contributed by atoms with van der Waals surface area (Å²) in [6.07, 6.45) is 6.60. The van der Waals surface area contributed by atoms with Gasteiger partial charge in [-0.15, -0.1) is 0 Å². The first-order valence-corrected chi connectivity index (χ1v) is 9.38. The van der Waals surface area contributed by atoms with Crippen LogP contribution in [0.2, 0.25) is 0 Å². The van der Waals surface area contributed by atoms with Crippen molar-refractivity contribution in [3.05, 3.63) is 22.8 Å². The SMILES string of the molecule is CC(C)(C)OC(=O)N1CCCC[C@H]1CCCOc1ccc(Br)cn1. The third-order valence-corrected chi connectivity index (χ3v) is 4.36. The Morgan fingerprint density at radius 1 is 1.38 bits per heavy atom. The predicted molar refractivity (Wildman–Crippen MR) is 97.2 cm³/mol. The smallest absolute Gasteiger partial charge is 0.410 e. The lowest BCUT2D eigenvalue weighted by Gasteiger charge is -2.36. The molecule has 0 N–H and O–H groups in total.